The van der Waals surface area contributed by atoms with Crippen molar-refractivity contribution in [1.82, 2.24) is 14.5 Å². The van der Waals surface area contributed by atoms with Crippen LogP contribution in [0.2, 0.25) is 0 Å². The minimum absolute atomic E-state index is 0.00799. The Bertz CT molecular complexity index is 949. The predicted molar refractivity (Wildman–Crippen MR) is 99.2 cm³/mol. The molecule has 0 bridgehead atoms. The zero-order chi connectivity index (χ0) is 17.9. The molecular weight excluding hydrogens is 332 g/mol. The fourth-order valence-corrected chi connectivity index (χ4v) is 3.27. The van der Waals surface area contributed by atoms with Crippen LogP contribution in [-0.2, 0) is 18.3 Å². The number of nitrogens with one attached hydrogen (secondary N) is 1. The lowest BCUT2D eigenvalue weighted by atomic mass is 10.1. The third-order valence-corrected chi connectivity index (χ3v) is 4.69. The fraction of sp³-hybridized carbons (Fsp3) is 0.368. The Hall–Kier alpha value is -2.64. The standard InChI is InChI=1S/C19H22N4O3/c1-22-7-6-20-18(19(22)24)21-10-15-12-23(8-9-25-15)11-14-13-26-17-5-3-2-4-16(14)17/h2-7,13,15H,8-12H2,1H3,(H,20,21)/t15-/m1/s1. The zero-order valence-electron chi connectivity index (χ0n) is 14.7. The number of hydrogen-bond acceptors (Lipinski definition) is 6. The van der Waals surface area contributed by atoms with Crippen LogP contribution in [0.4, 0.5) is 5.82 Å². The lowest BCUT2D eigenvalue weighted by Gasteiger charge is -2.32. The Morgan fingerprint density at radius 1 is 1.35 bits per heavy atom. The van der Waals surface area contributed by atoms with Crippen LogP contribution in [0.3, 0.4) is 0 Å². The lowest BCUT2D eigenvalue weighted by molar-refractivity contribution is -0.0240. The third kappa shape index (κ3) is 3.49. The molecule has 3 aromatic rings. The number of anilines is 1. The van der Waals surface area contributed by atoms with Crippen LogP contribution in [0.1, 0.15) is 5.56 Å². The summed E-state index contributed by atoms with van der Waals surface area (Å²) >= 11 is 0. The summed E-state index contributed by atoms with van der Waals surface area (Å²) in [6, 6.07) is 8.08. The van der Waals surface area contributed by atoms with E-state index in [0.29, 0.717) is 19.0 Å². The Balaban J connectivity index is 1.38. The van der Waals surface area contributed by atoms with Crippen molar-refractivity contribution in [3.05, 3.63) is 58.8 Å². The van der Waals surface area contributed by atoms with Crippen molar-refractivity contribution < 1.29 is 9.15 Å². The normalized spacial score (nSPS) is 18.3. The molecule has 0 spiro atoms. The summed E-state index contributed by atoms with van der Waals surface area (Å²) in [6.45, 7) is 3.71. The van der Waals surface area contributed by atoms with E-state index in [1.807, 2.05) is 24.5 Å². The van der Waals surface area contributed by atoms with Gasteiger partial charge in [0.2, 0.25) is 0 Å². The first-order chi connectivity index (χ1) is 12.7. The molecule has 1 saturated heterocycles. The van der Waals surface area contributed by atoms with Gasteiger partial charge in [-0.3, -0.25) is 9.69 Å². The van der Waals surface area contributed by atoms with Crippen molar-refractivity contribution in [2.75, 3.05) is 31.6 Å². The van der Waals surface area contributed by atoms with Crippen molar-refractivity contribution in [1.29, 1.82) is 0 Å². The quantitative estimate of drug-likeness (QED) is 0.754. The molecule has 0 amide bonds. The molecule has 1 aliphatic rings. The van der Waals surface area contributed by atoms with E-state index in [9.17, 15) is 4.79 Å². The second-order valence-electron chi connectivity index (χ2n) is 6.56. The molecule has 2 aromatic heterocycles. The van der Waals surface area contributed by atoms with Crippen LogP contribution in [0.5, 0.6) is 0 Å². The van der Waals surface area contributed by atoms with Gasteiger partial charge in [0.25, 0.3) is 5.56 Å². The Labute approximate surface area is 151 Å². The SMILES string of the molecule is Cn1ccnc(NC[C@@H]2CN(Cc3coc4ccccc34)CCO2)c1=O. The molecular formula is C19H22N4O3. The number of hydrogen-bond donors (Lipinski definition) is 1. The predicted octanol–water partition coefficient (Wildman–Crippen LogP) is 1.84. The monoisotopic (exact) mass is 354 g/mol. The van der Waals surface area contributed by atoms with Gasteiger partial charge < -0.3 is 19.0 Å². The van der Waals surface area contributed by atoms with E-state index in [4.69, 9.17) is 9.15 Å². The van der Waals surface area contributed by atoms with E-state index >= 15 is 0 Å². The van der Waals surface area contributed by atoms with Crippen molar-refractivity contribution in [3.63, 3.8) is 0 Å². The number of aromatic nitrogens is 2. The molecule has 136 valence electrons. The summed E-state index contributed by atoms with van der Waals surface area (Å²) in [4.78, 5) is 18.5. The van der Waals surface area contributed by atoms with Gasteiger partial charge in [0, 0.05) is 56.6 Å². The van der Waals surface area contributed by atoms with Crippen molar-refractivity contribution >= 4 is 16.8 Å². The number of morpholine rings is 1. The largest absolute Gasteiger partial charge is 0.464 e. The van der Waals surface area contributed by atoms with E-state index in [1.165, 1.54) is 10.1 Å². The molecule has 0 radical (unpaired) electrons. The maximum absolute atomic E-state index is 12.0. The van der Waals surface area contributed by atoms with Crippen LogP contribution < -0.4 is 10.9 Å². The highest BCUT2D eigenvalue weighted by Crippen LogP contribution is 2.22. The summed E-state index contributed by atoms with van der Waals surface area (Å²) in [6.07, 6.45) is 5.10. The fourth-order valence-electron chi connectivity index (χ4n) is 3.27. The van der Waals surface area contributed by atoms with Gasteiger partial charge in [0.05, 0.1) is 19.0 Å². The highest BCUT2D eigenvalue weighted by Gasteiger charge is 2.22. The molecule has 26 heavy (non-hydrogen) atoms. The number of rotatable bonds is 5. The lowest BCUT2D eigenvalue weighted by Crippen LogP contribution is -2.45. The number of para-hydroxylation sites is 1. The highest BCUT2D eigenvalue weighted by atomic mass is 16.5. The molecule has 1 aliphatic heterocycles. The second kappa shape index (κ2) is 7.31. The maximum atomic E-state index is 12.0. The first-order valence-corrected chi connectivity index (χ1v) is 8.75. The molecule has 4 rings (SSSR count). The van der Waals surface area contributed by atoms with Crippen LogP contribution in [0.15, 0.2) is 52.1 Å². The number of nitrogens with zero attached hydrogens (tertiary/aromatic N) is 3. The van der Waals surface area contributed by atoms with Gasteiger partial charge in [-0.05, 0) is 6.07 Å². The van der Waals surface area contributed by atoms with E-state index in [2.05, 4.69) is 21.3 Å². The average Bonchev–Trinajstić information content (AvgIpc) is 3.06. The number of fused-ring (bicyclic) bond motifs is 1. The molecule has 1 aromatic carbocycles. The minimum Gasteiger partial charge on any atom is -0.464 e. The van der Waals surface area contributed by atoms with Crippen LogP contribution >= 0.6 is 0 Å². The molecule has 1 atom stereocenters. The van der Waals surface area contributed by atoms with Gasteiger partial charge in [-0.2, -0.15) is 0 Å². The molecule has 7 nitrogen and oxygen atoms in total. The molecule has 1 N–H and O–H groups in total. The molecule has 1 fully saturated rings. The first kappa shape index (κ1) is 16.8. The number of benzene rings is 1. The Morgan fingerprint density at radius 2 is 2.23 bits per heavy atom. The molecule has 7 heteroatoms. The molecule has 0 aliphatic carbocycles. The summed E-state index contributed by atoms with van der Waals surface area (Å²) in [7, 11) is 1.71. The Morgan fingerprint density at radius 3 is 3.15 bits per heavy atom. The van der Waals surface area contributed by atoms with E-state index in [0.717, 1.165) is 30.6 Å². The summed E-state index contributed by atoms with van der Waals surface area (Å²) in [5.74, 6) is 0.358. The van der Waals surface area contributed by atoms with Crippen LogP contribution in [0, 0.1) is 0 Å². The topological polar surface area (TPSA) is 72.5 Å². The highest BCUT2D eigenvalue weighted by molar-refractivity contribution is 5.80. The zero-order valence-corrected chi connectivity index (χ0v) is 14.7. The number of furan rings is 1. The average molecular weight is 354 g/mol. The van der Waals surface area contributed by atoms with Crippen LogP contribution in [-0.4, -0.2) is 46.8 Å². The van der Waals surface area contributed by atoms with Gasteiger partial charge in [0.15, 0.2) is 5.82 Å². The second-order valence-corrected chi connectivity index (χ2v) is 6.56. The van der Waals surface area contributed by atoms with Gasteiger partial charge in [-0.25, -0.2) is 4.98 Å². The van der Waals surface area contributed by atoms with E-state index < -0.39 is 0 Å². The van der Waals surface area contributed by atoms with Gasteiger partial charge in [-0.15, -0.1) is 0 Å². The van der Waals surface area contributed by atoms with Gasteiger partial charge >= 0.3 is 0 Å². The van der Waals surface area contributed by atoms with E-state index in [-0.39, 0.29) is 11.7 Å². The van der Waals surface area contributed by atoms with Crippen molar-refractivity contribution in [2.45, 2.75) is 12.6 Å². The summed E-state index contributed by atoms with van der Waals surface area (Å²) in [5, 5.41) is 4.28. The van der Waals surface area contributed by atoms with Crippen molar-refractivity contribution in [2.24, 2.45) is 7.05 Å². The Kier molecular flexibility index (Phi) is 4.73. The number of aryl methyl sites for hydroxylation is 1. The summed E-state index contributed by atoms with van der Waals surface area (Å²) < 4.78 is 13.0. The van der Waals surface area contributed by atoms with Crippen molar-refractivity contribution in [3.8, 4) is 0 Å². The number of ether oxygens (including phenoxy) is 1. The molecule has 3 heterocycles. The van der Waals surface area contributed by atoms with Gasteiger partial charge in [0.1, 0.15) is 5.58 Å². The van der Waals surface area contributed by atoms with E-state index in [1.54, 1.807) is 19.4 Å². The van der Waals surface area contributed by atoms with Crippen LogP contribution in [0.25, 0.3) is 11.0 Å². The molecule has 0 unspecified atom stereocenters. The third-order valence-electron chi connectivity index (χ3n) is 4.69. The van der Waals surface area contributed by atoms with Gasteiger partial charge in [-0.1, -0.05) is 18.2 Å². The molecule has 0 saturated carbocycles. The first-order valence-electron chi connectivity index (χ1n) is 8.75. The smallest absolute Gasteiger partial charge is 0.293 e. The summed E-state index contributed by atoms with van der Waals surface area (Å²) in [5.41, 5.74) is 1.97. The minimum atomic E-state index is -0.134. The maximum Gasteiger partial charge on any atom is 0.293 e.